The zero-order valence-corrected chi connectivity index (χ0v) is 11.5. The van der Waals surface area contributed by atoms with Gasteiger partial charge in [0.05, 0.1) is 4.90 Å². The van der Waals surface area contributed by atoms with Crippen molar-refractivity contribution >= 4 is 11.8 Å². The topological polar surface area (TPSA) is 42.7 Å². The number of nitrogens with one attached hydrogen (secondary N) is 1. The highest BCUT2D eigenvalue weighted by Crippen LogP contribution is 2.28. The van der Waals surface area contributed by atoms with Crippen molar-refractivity contribution in [3.8, 4) is 0 Å². The summed E-state index contributed by atoms with van der Waals surface area (Å²) in [4.78, 5) is 4.65. The van der Waals surface area contributed by atoms with Gasteiger partial charge in [0.2, 0.25) is 0 Å². The fourth-order valence-corrected chi connectivity index (χ4v) is 2.53. The van der Waals surface area contributed by atoms with Gasteiger partial charge < -0.3 is 5.32 Å². The molecule has 0 amide bonds. The van der Waals surface area contributed by atoms with E-state index in [9.17, 15) is 4.39 Å². The average molecular weight is 278 g/mol. The fraction of sp³-hybridized carbons (Fsp3) is 0.385. The molecular formula is C13H15FN4S. The highest BCUT2D eigenvalue weighted by atomic mass is 32.2. The second-order valence-electron chi connectivity index (χ2n) is 4.69. The van der Waals surface area contributed by atoms with Crippen LogP contribution in [0.2, 0.25) is 0 Å². The summed E-state index contributed by atoms with van der Waals surface area (Å²) in [6, 6.07) is 5.99. The average Bonchev–Trinajstić information content (AvgIpc) is 3.14. The van der Waals surface area contributed by atoms with Gasteiger partial charge in [0.25, 0.3) is 0 Å². The Labute approximate surface area is 115 Å². The van der Waals surface area contributed by atoms with Gasteiger partial charge in [-0.2, -0.15) is 5.10 Å². The molecule has 0 spiro atoms. The first-order valence-electron chi connectivity index (χ1n) is 6.26. The molecule has 4 nitrogen and oxygen atoms in total. The lowest BCUT2D eigenvalue weighted by atomic mass is 10.2. The van der Waals surface area contributed by atoms with Crippen molar-refractivity contribution in [2.75, 3.05) is 0 Å². The SMILES string of the molecule is Cn1ncnc1Sc1ccc(CNC2CC2)cc1F. The predicted octanol–water partition coefficient (Wildman–Crippen LogP) is 2.36. The molecule has 0 unspecified atom stereocenters. The van der Waals surface area contributed by atoms with Crippen LogP contribution in [0, 0.1) is 5.82 Å². The van der Waals surface area contributed by atoms with E-state index in [-0.39, 0.29) is 5.82 Å². The van der Waals surface area contributed by atoms with Gasteiger partial charge in [-0.15, -0.1) is 0 Å². The van der Waals surface area contributed by atoms with Gasteiger partial charge in [-0.25, -0.2) is 14.1 Å². The van der Waals surface area contributed by atoms with Gasteiger partial charge in [-0.05, 0) is 42.3 Å². The van der Waals surface area contributed by atoms with Gasteiger partial charge in [0, 0.05) is 19.6 Å². The molecule has 19 heavy (non-hydrogen) atoms. The first kappa shape index (κ1) is 12.6. The summed E-state index contributed by atoms with van der Waals surface area (Å²) in [5.41, 5.74) is 0.978. The summed E-state index contributed by atoms with van der Waals surface area (Å²) in [7, 11) is 1.79. The van der Waals surface area contributed by atoms with Crippen molar-refractivity contribution < 1.29 is 4.39 Å². The number of aryl methyl sites for hydroxylation is 1. The van der Waals surface area contributed by atoms with Crippen LogP contribution in [-0.4, -0.2) is 20.8 Å². The molecule has 0 saturated heterocycles. The molecule has 0 atom stereocenters. The van der Waals surface area contributed by atoms with E-state index in [0.29, 0.717) is 16.1 Å². The standard InChI is InChI=1S/C13H15FN4S/c1-18-13(16-8-17-18)19-12-5-2-9(6-11(12)14)7-15-10-3-4-10/h2,5-6,8,10,15H,3-4,7H2,1H3. The Morgan fingerprint density at radius 1 is 1.47 bits per heavy atom. The number of halogens is 1. The van der Waals surface area contributed by atoms with Crippen LogP contribution in [0.25, 0.3) is 0 Å². The first-order valence-corrected chi connectivity index (χ1v) is 7.07. The number of hydrogen-bond donors (Lipinski definition) is 1. The second kappa shape index (κ2) is 5.30. The predicted molar refractivity (Wildman–Crippen MR) is 71.4 cm³/mol. The summed E-state index contributed by atoms with van der Waals surface area (Å²) >= 11 is 1.29. The maximum atomic E-state index is 14.0. The lowest BCUT2D eigenvalue weighted by molar-refractivity contribution is 0.594. The first-order chi connectivity index (χ1) is 9.22. The number of nitrogens with zero attached hydrogens (tertiary/aromatic N) is 3. The lowest BCUT2D eigenvalue weighted by Crippen LogP contribution is -2.15. The van der Waals surface area contributed by atoms with E-state index >= 15 is 0 Å². The van der Waals surface area contributed by atoms with Gasteiger partial charge >= 0.3 is 0 Å². The summed E-state index contributed by atoms with van der Waals surface area (Å²) in [6.07, 6.45) is 3.94. The van der Waals surface area contributed by atoms with E-state index in [4.69, 9.17) is 0 Å². The minimum absolute atomic E-state index is 0.205. The second-order valence-corrected chi connectivity index (χ2v) is 5.70. The van der Waals surface area contributed by atoms with E-state index < -0.39 is 0 Å². The van der Waals surface area contributed by atoms with Crippen LogP contribution in [-0.2, 0) is 13.6 Å². The quantitative estimate of drug-likeness (QED) is 0.911. The molecule has 1 aromatic carbocycles. The molecule has 1 aliphatic rings. The Morgan fingerprint density at radius 3 is 2.95 bits per heavy atom. The van der Waals surface area contributed by atoms with E-state index in [1.165, 1.54) is 30.9 Å². The Kier molecular flexibility index (Phi) is 3.52. The molecular weight excluding hydrogens is 263 g/mol. The van der Waals surface area contributed by atoms with Crippen molar-refractivity contribution in [2.45, 2.75) is 35.5 Å². The molecule has 100 valence electrons. The molecule has 1 saturated carbocycles. The maximum Gasteiger partial charge on any atom is 0.190 e. The monoisotopic (exact) mass is 278 g/mol. The van der Waals surface area contributed by atoms with Crippen molar-refractivity contribution in [2.24, 2.45) is 7.05 Å². The Morgan fingerprint density at radius 2 is 2.32 bits per heavy atom. The van der Waals surface area contributed by atoms with Crippen LogP contribution in [0.1, 0.15) is 18.4 Å². The maximum absolute atomic E-state index is 14.0. The number of hydrogen-bond acceptors (Lipinski definition) is 4. The largest absolute Gasteiger partial charge is 0.310 e. The minimum atomic E-state index is -0.205. The van der Waals surface area contributed by atoms with Crippen LogP contribution in [0.3, 0.4) is 0 Å². The number of rotatable bonds is 5. The lowest BCUT2D eigenvalue weighted by Gasteiger charge is -2.06. The normalized spacial score (nSPS) is 14.8. The minimum Gasteiger partial charge on any atom is -0.310 e. The number of aromatic nitrogens is 3. The number of benzene rings is 1. The third-order valence-electron chi connectivity index (χ3n) is 3.04. The highest BCUT2D eigenvalue weighted by molar-refractivity contribution is 7.99. The molecule has 1 N–H and O–H groups in total. The third-order valence-corrected chi connectivity index (χ3v) is 4.14. The van der Waals surface area contributed by atoms with Crippen LogP contribution in [0.4, 0.5) is 4.39 Å². The molecule has 1 aromatic heterocycles. The Hall–Kier alpha value is -1.40. The van der Waals surface area contributed by atoms with Crippen molar-refractivity contribution in [1.82, 2.24) is 20.1 Å². The summed E-state index contributed by atoms with van der Waals surface area (Å²) < 4.78 is 15.6. The van der Waals surface area contributed by atoms with Gasteiger partial charge in [0.1, 0.15) is 12.1 Å². The molecule has 2 aromatic rings. The summed E-state index contributed by atoms with van der Waals surface area (Å²) in [5.74, 6) is -0.205. The molecule has 3 rings (SSSR count). The van der Waals surface area contributed by atoms with Crippen molar-refractivity contribution in [1.29, 1.82) is 0 Å². The van der Waals surface area contributed by atoms with Crippen molar-refractivity contribution in [3.05, 3.63) is 35.9 Å². The van der Waals surface area contributed by atoms with Gasteiger partial charge in [-0.3, -0.25) is 0 Å². The van der Waals surface area contributed by atoms with Gasteiger partial charge in [-0.1, -0.05) is 6.07 Å². The van der Waals surface area contributed by atoms with E-state index in [1.807, 2.05) is 6.07 Å². The van der Waals surface area contributed by atoms with E-state index in [2.05, 4.69) is 15.4 Å². The summed E-state index contributed by atoms with van der Waals surface area (Å²) in [5, 5.41) is 8.03. The Balaban J connectivity index is 1.70. The fourth-order valence-electron chi connectivity index (χ4n) is 1.76. The van der Waals surface area contributed by atoms with Gasteiger partial charge in [0.15, 0.2) is 5.16 Å². The van der Waals surface area contributed by atoms with E-state index in [0.717, 1.165) is 12.1 Å². The zero-order valence-electron chi connectivity index (χ0n) is 10.6. The molecule has 0 aliphatic heterocycles. The molecule has 0 radical (unpaired) electrons. The van der Waals surface area contributed by atoms with Crippen LogP contribution in [0.5, 0.6) is 0 Å². The Bertz CT molecular complexity index is 580. The van der Waals surface area contributed by atoms with Crippen LogP contribution >= 0.6 is 11.8 Å². The molecule has 6 heteroatoms. The highest BCUT2D eigenvalue weighted by Gasteiger charge is 2.20. The van der Waals surface area contributed by atoms with Crippen LogP contribution in [0.15, 0.2) is 34.6 Å². The smallest absolute Gasteiger partial charge is 0.190 e. The van der Waals surface area contributed by atoms with Crippen LogP contribution < -0.4 is 5.32 Å². The summed E-state index contributed by atoms with van der Waals surface area (Å²) in [6.45, 7) is 0.733. The third kappa shape index (κ3) is 3.13. The van der Waals surface area contributed by atoms with Crippen molar-refractivity contribution in [3.63, 3.8) is 0 Å². The molecule has 1 heterocycles. The molecule has 1 fully saturated rings. The van der Waals surface area contributed by atoms with E-state index in [1.54, 1.807) is 23.9 Å². The zero-order chi connectivity index (χ0) is 13.2. The molecule has 0 bridgehead atoms. The molecule has 1 aliphatic carbocycles.